The van der Waals surface area contributed by atoms with Crippen LogP contribution in [0.5, 0.6) is 0 Å². The third-order valence-corrected chi connectivity index (χ3v) is 4.62. The normalized spacial score (nSPS) is 10.1. The molecular weight excluding hydrogens is 374 g/mol. The molecule has 0 spiro atoms. The molecule has 28 heavy (non-hydrogen) atoms. The highest BCUT2D eigenvalue weighted by atomic mass is 32.1. The fourth-order valence-electron chi connectivity index (χ4n) is 2.52. The number of amides is 3. The van der Waals surface area contributed by atoms with E-state index in [1.54, 1.807) is 60.0 Å². The Bertz CT molecular complexity index is 956. The van der Waals surface area contributed by atoms with E-state index in [9.17, 15) is 14.4 Å². The topological polar surface area (TPSA) is 87.3 Å². The highest BCUT2D eigenvalue weighted by Gasteiger charge is 2.14. The molecule has 0 saturated carbocycles. The third-order valence-electron chi connectivity index (χ3n) is 3.94. The number of para-hydroxylation sites is 1. The van der Waals surface area contributed by atoms with Crippen LogP contribution >= 0.6 is 11.3 Å². The van der Waals surface area contributed by atoms with Crippen LogP contribution in [0.4, 0.5) is 5.69 Å². The largest absolute Gasteiger partial charge is 0.350 e. The Kier molecular flexibility index (Phi) is 6.54. The Morgan fingerprint density at radius 3 is 2.11 bits per heavy atom. The average Bonchev–Trinajstić information content (AvgIpc) is 3.27. The predicted octanol–water partition coefficient (Wildman–Crippen LogP) is 3.16. The summed E-state index contributed by atoms with van der Waals surface area (Å²) in [5, 5.41) is 11.8. The summed E-state index contributed by atoms with van der Waals surface area (Å²) in [5.74, 6) is -0.787. The molecular formula is C21H19N3O3S. The Hall–Kier alpha value is -3.45. The van der Waals surface area contributed by atoms with Crippen LogP contribution in [0.3, 0.4) is 0 Å². The van der Waals surface area contributed by atoms with E-state index >= 15 is 0 Å². The number of hydrogen-bond donors (Lipinski definition) is 3. The first kappa shape index (κ1) is 19.3. The summed E-state index contributed by atoms with van der Waals surface area (Å²) in [6.45, 7) is 0.563. The molecule has 0 unspecified atom stereocenters. The molecule has 142 valence electrons. The molecule has 3 amide bonds. The number of carbonyl (C=O) groups is 3. The quantitative estimate of drug-likeness (QED) is 0.539. The maximum Gasteiger partial charge on any atom is 0.256 e. The molecule has 6 nitrogen and oxygen atoms in total. The van der Waals surface area contributed by atoms with Gasteiger partial charge in [0.15, 0.2) is 0 Å². The second-order valence-corrected chi connectivity index (χ2v) is 6.67. The molecule has 0 saturated heterocycles. The number of thiophene rings is 1. The summed E-state index contributed by atoms with van der Waals surface area (Å²) in [6, 6.07) is 17.4. The van der Waals surface area contributed by atoms with E-state index in [2.05, 4.69) is 16.0 Å². The first-order chi connectivity index (χ1) is 13.6. The molecule has 7 heteroatoms. The minimum Gasteiger partial charge on any atom is -0.350 e. The molecule has 1 heterocycles. The SMILES string of the molecule is O=C(NCCNC(=O)c1ccccc1NC(=O)c1ccsc1)c1ccccc1. The van der Waals surface area contributed by atoms with Gasteiger partial charge in [0.2, 0.25) is 0 Å². The Morgan fingerprint density at radius 2 is 1.39 bits per heavy atom. The van der Waals surface area contributed by atoms with Crippen LogP contribution in [0.25, 0.3) is 0 Å². The van der Waals surface area contributed by atoms with Gasteiger partial charge in [-0.25, -0.2) is 0 Å². The van der Waals surface area contributed by atoms with Crippen LogP contribution in [-0.2, 0) is 0 Å². The van der Waals surface area contributed by atoms with Gasteiger partial charge in [-0.2, -0.15) is 11.3 Å². The van der Waals surface area contributed by atoms with Crippen molar-refractivity contribution in [3.8, 4) is 0 Å². The first-order valence-electron chi connectivity index (χ1n) is 8.69. The fourth-order valence-corrected chi connectivity index (χ4v) is 3.15. The number of carbonyl (C=O) groups excluding carboxylic acids is 3. The van der Waals surface area contributed by atoms with Gasteiger partial charge >= 0.3 is 0 Å². The molecule has 0 bridgehead atoms. The minimum absolute atomic E-state index is 0.196. The number of benzene rings is 2. The molecule has 1 aromatic heterocycles. The maximum absolute atomic E-state index is 12.5. The molecule has 0 aliphatic heterocycles. The van der Waals surface area contributed by atoms with Crippen LogP contribution in [-0.4, -0.2) is 30.8 Å². The standard InChI is InChI=1S/C21H19N3O3S/c25-19(15-6-2-1-3-7-15)22-11-12-23-21(27)17-8-4-5-9-18(17)24-20(26)16-10-13-28-14-16/h1-10,13-14H,11-12H2,(H,22,25)(H,23,27)(H,24,26). The lowest BCUT2D eigenvalue weighted by molar-refractivity contribution is 0.0927. The van der Waals surface area contributed by atoms with Crippen molar-refractivity contribution in [1.29, 1.82) is 0 Å². The third kappa shape index (κ3) is 5.05. The first-order valence-corrected chi connectivity index (χ1v) is 9.63. The van der Waals surface area contributed by atoms with Crippen molar-refractivity contribution in [3.63, 3.8) is 0 Å². The zero-order chi connectivity index (χ0) is 19.8. The van der Waals surface area contributed by atoms with E-state index < -0.39 is 0 Å². The van der Waals surface area contributed by atoms with E-state index in [4.69, 9.17) is 0 Å². The van der Waals surface area contributed by atoms with Gasteiger partial charge < -0.3 is 16.0 Å². The lowest BCUT2D eigenvalue weighted by Gasteiger charge is -2.11. The zero-order valence-electron chi connectivity index (χ0n) is 15.0. The van der Waals surface area contributed by atoms with Gasteiger partial charge in [0.05, 0.1) is 16.8 Å². The van der Waals surface area contributed by atoms with Crippen LogP contribution in [0.2, 0.25) is 0 Å². The van der Waals surface area contributed by atoms with E-state index in [1.165, 1.54) is 11.3 Å². The molecule has 3 aromatic rings. The van der Waals surface area contributed by atoms with E-state index in [0.29, 0.717) is 28.9 Å². The van der Waals surface area contributed by atoms with Gasteiger partial charge in [-0.15, -0.1) is 0 Å². The van der Waals surface area contributed by atoms with Crippen molar-refractivity contribution in [2.45, 2.75) is 0 Å². The molecule has 3 rings (SSSR count). The van der Waals surface area contributed by atoms with Gasteiger partial charge in [0.25, 0.3) is 17.7 Å². The van der Waals surface area contributed by atoms with E-state index in [-0.39, 0.29) is 24.3 Å². The Labute approximate surface area is 166 Å². The minimum atomic E-state index is -0.324. The van der Waals surface area contributed by atoms with Crippen molar-refractivity contribution in [3.05, 3.63) is 88.1 Å². The molecule has 2 aromatic carbocycles. The van der Waals surface area contributed by atoms with Crippen molar-refractivity contribution in [2.24, 2.45) is 0 Å². The molecule has 0 fully saturated rings. The number of nitrogens with one attached hydrogen (secondary N) is 3. The summed E-state index contributed by atoms with van der Waals surface area (Å²) in [7, 11) is 0. The summed E-state index contributed by atoms with van der Waals surface area (Å²) in [6.07, 6.45) is 0. The van der Waals surface area contributed by atoms with Crippen LogP contribution in [0.1, 0.15) is 31.1 Å². The highest BCUT2D eigenvalue weighted by molar-refractivity contribution is 7.08. The van der Waals surface area contributed by atoms with Crippen LogP contribution < -0.4 is 16.0 Å². The van der Waals surface area contributed by atoms with Gasteiger partial charge in [0, 0.05) is 24.0 Å². The van der Waals surface area contributed by atoms with Gasteiger partial charge in [0.1, 0.15) is 0 Å². The number of rotatable bonds is 7. The summed E-state index contributed by atoms with van der Waals surface area (Å²) >= 11 is 1.43. The summed E-state index contributed by atoms with van der Waals surface area (Å²) in [4.78, 5) is 36.7. The van der Waals surface area contributed by atoms with Gasteiger partial charge in [-0.1, -0.05) is 30.3 Å². The summed E-state index contributed by atoms with van der Waals surface area (Å²) in [5.41, 5.74) is 1.91. The van der Waals surface area contributed by atoms with Gasteiger partial charge in [-0.3, -0.25) is 14.4 Å². The molecule has 0 aliphatic carbocycles. The lowest BCUT2D eigenvalue weighted by Crippen LogP contribution is -2.35. The van der Waals surface area contributed by atoms with Gasteiger partial charge in [-0.05, 0) is 35.7 Å². The monoisotopic (exact) mass is 393 g/mol. The van der Waals surface area contributed by atoms with Crippen LogP contribution in [0.15, 0.2) is 71.4 Å². The highest BCUT2D eigenvalue weighted by Crippen LogP contribution is 2.17. The zero-order valence-corrected chi connectivity index (χ0v) is 15.8. The average molecular weight is 393 g/mol. The fraction of sp³-hybridized carbons (Fsp3) is 0.0952. The van der Waals surface area contributed by atoms with E-state index in [0.717, 1.165) is 0 Å². The van der Waals surface area contributed by atoms with Crippen molar-refractivity contribution < 1.29 is 14.4 Å². The van der Waals surface area contributed by atoms with Crippen molar-refractivity contribution in [2.75, 3.05) is 18.4 Å². The molecule has 0 radical (unpaired) electrons. The van der Waals surface area contributed by atoms with E-state index in [1.807, 2.05) is 11.4 Å². The smallest absolute Gasteiger partial charge is 0.256 e. The number of anilines is 1. The maximum atomic E-state index is 12.5. The summed E-state index contributed by atoms with van der Waals surface area (Å²) < 4.78 is 0. The van der Waals surface area contributed by atoms with Crippen LogP contribution in [0, 0.1) is 0 Å². The molecule has 0 aliphatic rings. The second kappa shape index (κ2) is 9.48. The van der Waals surface area contributed by atoms with Crippen molar-refractivity contribution in [1.82, 2.24) is 10.6 Å². The Morgan fingerprint density at radius 1 is 0.714 bits per heavy atom. The second-order valence-electron chi connectivity index (χ2n) is 5.89. The Balaban J connectivity index is 1.53. The molecule has 0 atom stereocenters. The lowest BCUT2D eigenvalue weighted by atomic mass is 10.1. The number of hydrogen-bond acceptors (Lipinski definition) is 4. The predicted molar refractivity (Wildman–Crippen MR) is 110 cm³/mol. The van der Waals surface area contributed by atoms with Crippen molar-refractivity contribution >= 4 is 34.7 Å². The molecule has 3 N–H and O–H groups in total.